The minimum absolute atomic E-state index is 0.0752. The normalized spacial score (nSPS) is 16.4. The van der Waals surface area contributed by atoms with Gasteiger partial charge in [-0.2, -0.15) is 52.7 Å². The molecule has 0 heterocycles. The number of alkyl halides is 12. The number of rotatable bonds is 5. The molecule has 0 radical (unpaired) electrons. The Bertz CT molecular complexity index is 576. The average molecular weight is 486 g/mol. The topological polar surface area (TPSA) is 52.6 Å². The maximum Gasteiger partial charge on any atom is 0.430 e. The SMILES string of the molecule is CP(C)(=O)OC(C(F)(F)F)(C(F)(F)F)C(OP(C)(C)=O)(C(F)(F)F)C(F)(F)F. The first-order chi connectivity index (χ1) is 11.7. The van der Waals surface area contributed by atoms with Gasteiger partial charge in [-0.15, -0.1) is 0 Å². The predicted octanol–water partition coefficient (Wildman–Crippen LogP) is 5.82. The molecule has 18 heteroatoms. The third kappa shape index (κ3) is 4.81. The molecule has 0 atom stereocenters. The summed E-state index contributed by atoms with van der Waals surface area (Å²) in [5, 5.41) is 0. The van der Waals surface area contributed by atoms with Gasteiger partial charge in [0.1, 0.15) is 0 Å². The Balaban J connectivity index is 7.95. The quantitative estimate of drug-likeness (QED) is 0.363. The Hall–Kier alpha value is -0.460. The fraction of sp³-hybridized carbons (Fsp3) is 1.00. The molecule has 0 saturated heterocycles. The maximum atomic E-state index is 13.4. The van der Waals surface area contributed by atoms with E-state index in [1.807, 2.05) is 0 Å². The van der Waals surface area contributed by atoms with Crippen molar-refractivity contribution in [2.75, 3.05) is 26.7 Å². The molecule has 0 aliphatic carbocycles. The lowest BCUT2D eigenvalue weighted by molar-refractivity contribution is -0.482. The van der Waals surface area contributed by atoms with Gasteiger partial charge in [0.15, 0.2) is 14.7 Å². The van der Waals surface area contributed by atoms with Crippen LogP contribution in [0.2, 0.25) is 0 Å². The molecule has 0 aromatic heterocycles. The number of hydrogen-bond acceptors (Lipinski definition) is 4. The first-order valence-corrected chi connectivity index (χ1v) is 11.5. The van der Waals surface area contributed by atoms with Gasteiger partial charge >= 0.3 is 35.9 Å². The minimum atomic E-state index is -7.53. The highest BCUT2D eigenvalue weighted by Gasteiger charge is 2.97. The second-order valence-electron chi connectivity index (χ2n) is 6.04. The summed E-state index contributed by atoms with van der Waals surface area (Å²) in [6, 6.07) is 0. The first-order valence-electron chi connectivity index (χ1n) is 6.45. The summed E-state index contributed by atoms with van der Waals surface area (Å²) in [5.74, 6) is 0. The van der Waals surface area contributed by atoms with Crippen LogP contribution in [0.1, 0.15) is 0 Å². The van der Waals surface area contributed by atoms with Crippen molar-refractivity contribution in [1.82, 2.24) is 0 Å². The van der Waals surface area contributed by atoms with Crippen LogP contribution in [0.4, 0.5) is 52.7 Å². The third-order valence-corrected chi connectivity index (χ3v) is 4.23. The molecule has 0 fully saturated rings. The molecule has 0 bridgehead atoms. The van der Waals surface area contributed by atoms with Crippen molar-refractivity contribution in [1.29, 1.82) is 0 Å². The van der Waals surface area contributed by atoms with Gasteiger partial charge in [-0.05, 0) is 0 Å². The molecular formula is C10H12F12O4P2. The molecule has 0 aliphatic heterocycles. The average Bonchev–Trinajstić information content (AvgIpc) is 2.24. The molecule has 4 nitrogen and oxygen atoms in total. The Morgan fingerprint density at radius 3 is 0.679 bits per heavy atom. The van der Waals surface area contributed by atoms with E-state index in [0.717, 1.165) is 0 Å². The van der Waals surface area contributed by atoms with Gasteiger partial charge in [-0.1, -0.05) is 0 Å². The van der Waals surface area contributed by atoms with Gasteiger partial charge in [0.25, 0.3) is 0 Å². The van der Waals surface area contributed by atoms with Crippen molar-refractivity contribution >= 4 is 14.7 Å². The molecule has 0 aliphatic rings. The predicted molar refractivity (Wildman–Crippen MR) is 70.8 cm³/mol. The van der Waals surface area contributed by atoms with Gasteiger partial charge in [0, 0.05) is 26.7 Å². The smallest absolute Gasteiger partial charge is 0.300 e. The van der Waals surface area contributed by atoms with E-state index >= 15 is 0 Å². The van der Waals surface area contributed by atoms with E-state index in [0.29, 0.717) is 0 Å². The lowest BCUT2D eigenvalue weighted by Crippen LogP contribution is -2.81. The molecule has 0 amide bonds. The van der Waals surface area contributed by atoms with Crippen molar-refractivity contribution < 1.29 is 70.9 Å². The Morgan fingerprint density at radius 2 is 0.607 bits per heavy atom. The molecule has 170 valence electrons. The van der Waals surface area contributed by atoms with E-state index in [1.54, 1.807) is 0 Å². The fourth-order valence-electron chi connectivity index (χ4n) is 2.11. The summed E-state index contributed by atoms with van der Waals surface area (Å²) in [7, 11) is -10.8. The van der Waals surface area contributed by atoms with Crippen LogP contribution in [0.3, 0.4) is 0 Å². The van der Waals surface area contributed by atoms with Gasteiger partial charge in [-0.25, -0.2) is 0 Å². The Labute approximate surface area is 149 Å². The van der Waals surface area contributed by atoms with E-state index < -0.39 is 50.6 Å². The van der Waals surface area contributed by atoms with Crippen molar-refractivity contribution in [3.05, 3.63) is 0 Å². The van der Waals surface area contributed by atoms with E-state index in [1.165, 1.54) is 0 Å². The zero-order valence-electron chi connectivity index (χ0n) is 14.1. The lowest BCUT2D eigenvalue weighted by Gasteiger charge is -2.51. The molecule has 0 saturated carbocycles. The molecule has 0 rings (SSSR count). The molecular weight excluding hydrogens is 474 g/mol. The largest absolute Gasteiger partial charge is 0.430 e. The van der Waals surface area contributed by atoms with E-state index in [9.17, 15) is 61.8 Å². The highest BCUT2D eigenvalue weighted by molar-refractivity contribution is 7.57. The minimum Gasteiger partial charge on any atom is -0.300 e. The summed E-state index contributed by atoms with van der Waals surface area (Å²) >= 11 is 0. The zero-order chi connectivity index (χ0) is 23.4. The Kier molecular flexibility index (Phi) is 6.94. The van der Waals surface area contributed by atoms with Crippen LogP contribution in [0.5, 0.6) is 0 Å². The van der Waals surface area contributed by atoms with Gasteiger partial charge in [0.05, 0.1) is 0 Å². The molecule has 0 aromatic rings. The summed E-state index contributed by atoms with van der Waals surface area (Å²) < 4.78 is 190. The number of halogens is 12. The molecule has 0 unspecified atom stereocenters. The zero-order valence-corrected chi connectivity index (χ0v) is 15.9. The van der Waals surface area contributed by atoms with Crippen LogP contribution in [0.25, 0.3) is 0 Å². The fourth-order valence-corrected chi connectivity index (χ4v) is 4.11. The van der Waals surface area contributed by atoms with Crippen molar-refractivity contribution in [3.8, 4) is 0 Å². The highest BCUT2D eigenvalue weighted by Crippen LogP contribution is 2.69. The van der Waals surface area contributed by atoms with Crippen LogP contribution in [-0.4, -0.2) is 62.6 Å². The van der Waals surface area contributed by atoms with Gasteiger partial charge in [0.2, 0.25) is 0 Å². The van der Waals surface area contributed by atoms with Crippen molar-refractivity contribution in [3.63, 3.8) is 0 Å². The second-order valence-corrected chi connectivity index (χ2v) is 11.4. The van der Waals surface area contributed by atoms with Crippen LogP contribution in [0, 0.1) is 0 Å². The van der Waals surface area contributed by atoms with Crippen molar-refractivity contribution in [2.24, 2.45) is 0 Å². The maximum absolute atomic E-state index is 13.4. The summed E-state index contributed by atoms with van der Waals surface area (Å²) in [4.78, 5) is 0. The molecule has 0 N–H and O–H groups in total. The van der Waals surface area contributed by atoms with Crippen molar-refractivity contribution in [2.45, 2.75) is 35.9 Å². The van der Waals surface area contributed by atoms with Crippen LogP contribution in [0.15, 0.2) is 0 Å². The summed E-state index contributed by atoms with van der Waals surface area (Å²) in [6.45, 7) is -0.301. The van der Waals surface area contributed by atoms with Gasteiger partial charge < -0.3 is 9.05 Å². The number of hydrogen-bond donors (Lipinski definition) is 0. The van der Waals surface area contributed by atoms with Crippen LogP contribution >= 0.6 is 14.7 Å². The van der Waals surface area contributed by atoms with E-state index in [2.05, 4.69) is 9.05 Å². The van der Waals surface area contributed by atoms with Gasteiger partial charge in [-0.3, -0.25) is 9.13 Å². The standard InChI is InChI=1S/C10H12F12O4P2/c1-27(2,23)25-5(7(11,12)13,8(14,15)16)6(9(17,18)19,10(20,21)22)26-28(3,4)24/h1-4H3. The molecule has 28 heavy (non-hydrogen) atoms. The summed E-state index contributed by atoms with van der Waals surface area (Å²) in [5.41, 5.74) is -14.5. The lowest BCUT2D eigenvalue weighted by atomic mass is 9.79. The first kappa shape index (κ1) is 27.5. The molecule has 0 aromatic carbocycles. The van der Waals surface area contributed by atoms with Crippen LogP contribution in [-0.2, 0) is 18.2 Å². The summed E-state index contributed by atoms with van der Waals surface area (Å²) in [6.07, 6.45) is -30.1. The highest BCUT2D eigenvalue weighted by atomic mass is 31.2. The monoisotopic (exact) mass is 486 g/mol. The third-order valence-electron chi connectivity index (χ3n) is 2.81. The Morgan fingerprint density at radius 1 is 0.464 bits per heavy atom. The van der Waals surface area contributed by atoms with E-state index in [-0.39, 0.29) is 26.7 Å². The molecule has 0 spiro atoms. The van der Waals surface area contributed by atoms with E-state index in [4.69, 9.17) is 0 Å². The van der Waals surface area contributed by atoms with Crippen LogP contribution < -0.4 is 0 Å². The second kappa shape index (κ2) is 7.05.